The van der Waals surface area contributed by atoms with Crippen molar-refractivity contribution >= 4 is 28.7 Å². The van der Waals surface area contributed by atoms with Crippen molar-refractivity contribution in [1.29, 1.82) is 0 Å². The maximum absolute atomic E-state index is 13.9. The molecule has 3 heterocycles. The number of rotatable bonds is 5. The third-order valence-corrected chi connectivity index (χ3v) is 5.64. The third kappa shape index (κ3) is 3.34. The van der Waals surface area contributed by atoms with Gasteiger partial charge in [0.1, 0.15) is 18.8 Å². The maximum Gasteiger partial charge on any atom is 0.418 e. The molecule has 5 rings (SSSR count). The number of halogens is 4. The maximum atomic E-state index is 13.9. The first-order valence-electron chi connectivity index (χ1n) is 9.56. The number of aromatic amines is 1. The lowest BCUT2D eigenvalue weighted by atomic mass is 9.85. The minimum absolute atomic E-state index is 0.0314. The summed E-state index contributed by atoms with van der Waals surface area (Å²) >= 11 is 0. The topological polar surface area (TPSA) is 67.8 Å². The van der Waals surface area contributed by atoms with Crippen molar-refractivity contribution in [2.24, 2.45) is 5.41 Å². The second-order valence-corrected chi connectivity index (χ2v) is 7.96. The summed E-state index contributed by atoms with van der Waals surface area (Å²) in [5.41, 5.74) is -0.839. The van der Waals surface area contributed by atoms with E-state index < -0.39 is 17.9 Å². The molecule has 2 aliphatic rings. The van der Waals surface area contributed by atoms with E-state index in [1.165, 1.54) is 18.5 Å². The quantitative estimate of drug-likeness (QED) is 0.620. The molecule has 1 aliphatic heterocycles. The monoisotopic (exact) mass is 421 g/mol. The normalized spacial score (nSPS) is 20.2. The minimum atomic E-state index is -4.53. The average molecular weight is 421 g/mol. The summed E-state index contributed by atoms with van der Waals surface area (Å²) in [4.78, 5) is 6.89. The fourth-order valence-corrected chi connectivity index (χ4v) is 4.06. The molecule has 1 atom stereocenters. The Balaban J connectivity index is 1.52. The van der Waals surface area contributed by atoms with E-state index in [1.54, 1.807) is 17.1 Å². The molecule has 1 fully saturated rings. The zero-order chi connectivity index (χ0) is 20.9. The van der Waals surface area contributed by atoms with E-state index in [0.717, 1.165) is 6.07 Å². The Bertz CT molecular complexity index is 1190. The number of nitrogens with one attached hydrogen (secondary N) is 2. The van der Waals surface area contributed by atoms with E-state index >= 15 is 0 Å². The van der Waals surface area contributed by atoms with Gasteiger partial charge < -0.3 is 15.0 Å². The number of aromatic nitrogens is 4. The highest BCUT2D eigenvalue weighted by atomic mass is 19.4. The Morgan fingerprint density at radius 2 is 2.13 bits per heavy atom. The molecule has 1 aliphatic carbocycles. The molecule has 0 radical (unpaired) electrons. The van der Waals surface area contributed by atoms with Gasteiger partial charge in [-0.2, -0.15) is 18.3 Å². The average Bonchev–Trinajstić information content (AvgIpc) is 3.29. The Kier molecular flexibility index (Phi) is 4.35. The largest absolute Gasteiger partial charge is 0.418 e. The number of hydrogen-bond donors (Lipinski definition) is 2. The second-order valence-electron chi connectivity index (χ2n) is 7.96. The number of hydrogen-bond acceptors (Lipinski definition) is 4. The summed E-state index contributed by atoms with van der Waals surface area (Å²) in [5, 5.41) is 8.88. The van der Waals surface area contributed by atoms with Gasteiger partial charge >= 0.3 is 6.18 Å². The van der Waals surface area contributed by atoms with E-state index in [4.69, 9.17) is 4.74 Å². The summed E-state index contributed by atoms with van der Waals surface area (Å²) in [6.07, 6.45) is 0.648. The lowest BCUT2D eigenvalue weighted by molar-refractivity contribution is -0.137. The molecule has 0 saturated carbocycles. The molecular weight excluding hydrogens is 402 g/mol. The van der Waals surface area contributed by atoms with E-state index in [0.29, 0.717) is 41.2 Å². The molecule has 0 bridgehead atoms. The van der Waals surface area contributed by atoms with Crippen LogP contribution in [0.25, 0.3) is 23.1 Å². The van der Waals surface area contributed by atoms with Crippen LogP contribution in [0.4, 0.5) is 23.2 Å². The molecule has 1 unspecified atom stereocenters. The lowest BCUT2D eigenvalue weighted by Crippen LogP contribution is -2.50. The van der Waals surface area contributed by atoms with Crippen molar-refractivity contribution in [3.05, 3.63) is 40.9 Å². The first kappa shape index (κ1) is 19.1. The van der Waals surface area contributed by atoms with E-state index in [-0.39, 0.29) is 24.1 Å². The SMILES string of the molecule is FC1C=c2c([nH]c3cc(C(F)(F)F)c(NCC4(Cn5cncn5)COC4)cc23)=CC1. The van der Waals surface area contributed by atoms with Crippen LogP contribution < -0.4 is 15.9 Å². The van der Waals surface area contributed by atoms with Crippen LogP contribution >= 0.6 is 0 Å². The highest BCUT2D eigenvalue weighted by molar-refractivity contribution is 5.87. The fourth-order valence-electron chi connectivity index (χ4n) is 4.06. The molecule has 3 aromatic rings. The summed E-state index contributed by atoms with van der Waals surface area (Å²) in [5.74, 6) is 0. The number of anilines is 1. The number of nitrogens with zero attached hydrogens (tertiary/aromatic N) is 3. The molecule has 2 aromatic heterocycles. The first-order valence-corrected chi connectivity index (χ1v) is 9.56. The molecule has 158 valence electrons. The van der Waals surface area contributed by atoms with Crippen LogP contribution in [0.1, 0.15) is 12.0 Å². The summed E-state index contributed by atoms with van der Waals surface area (Å²) < 4.78 is 62.1. The fraction of sp³-hybridized carbons (Fsp3) is 0.400. The van der Waals surface area contributed by atoms with E-state index in [2.05, 4.69) is 20.4 Å². The van der Waals surface area contributed by atoms with Gasteiger partial charge in [-0.1, -0.05) is 6.08 Å². The predicted octanol–water partition coefficient (Wildman–Crippen LogP) is 2.21. The zero-order valence-electron chi connectivity index (χ0n) is 15.8. The lowest BCUT2D eigenvalue weighted by Gasteiger charge is -2.41. The summed E-state index contributed by atoms with van der Waals surface area (Å²) in [6.45, 7) is 1.58. The van der Waals surface area contributed by atoms with Crippen molar-refractivity contribution in [2.45, 2.75) is 25.3 Å². The van der Waals surface area contributed by atoms with Gasteiger partial charge in [-0.05, 0) is 18.2 Å². The van der Waals surface area contributed by atoms with Crippen LogP contribution in [0.2, 0.25) is 0 Å². The second kappa shape index (κ2) is 6.83. The first-order chi connectivity index (χ1) is 14.3. The molecule has 0 spiro atoms. The van der Waals surface area contributed by atoms with Gasteiger partial charge in [0.2, 0.25) is 0 Å². The molecule has 10 heteroatoms. The van der Waals surface area contributed by atoms with Crippen molar-refractivity contribution < 1.29 is 22.3 Å². The highest BCUT2D eigenvalue weighted by Crippen LogP contribution is 2.38. The molecular formula is C20H19F4N5O. The number of alkyl halides is 4. The Morgan fingerprint density at radius 1 is 1.30 bits per heavy atom. The van der Waals surface area contributed by atoms with Crippen LogP contribution in [0, 0.1) is 5.41 Å². The van der Waals surface area contributed by atoms with Crippen molar-refractivity contribution in [3.8, 4) is 0 Å². The van der Waals surface area contributed by atoms with Gasteiger partial charge in [0.25, 0.3) is 0 Å². The highest BCUT2D eigenvalue weighted by Gasteiger charge is 2.40. The summed E-state index contributed by atoms with van der Waals surface area (Å²) in [6, 6.07) is 2.55. The van der Waals surface area contributed by atoms with Crippen molar-refractivity contribution in [3.63, 3.8) is 0 Å². The van der Waals surface area contributed by atoms with E-state index in [9.17, 15) is 17.6 Å². The van der Waals surface area contributed by atoms with Crippen LogP contribution in [0.5, 0.6) is 0 Å². The molecule has 6 nitrogen and oxygen atoms in total. The number of ether oxygens (including phenoxy) is 1. The van der Waals surface area contributed by atoms with Gasteiger partial charge in [0.15, 0.2) is 0 Å². The number of fused-ring (bicyclic) bond motifs is 3. The van der Waals surface area contributed by atoms with Gasteiger partial charge in [0, 0.05) is 40.1 Å². The van der Waals surface area contributed by atoms with Crippen LogP contribution in [-0.2, 0) is 17.5 Å². The van der Waals surface area contributed by atoms with Crippen LogP contribution in [-0.4, -0.2) is 45.7 Å². The van der Waals surface area contributed by atoms with Crippen LogP contribution in [0.3, 0.4) is 0 Å². The molecule has 30 heavy (non-hydrogen) atoms. The smallest absolute Gasteiger partial charge is 0.384 e. The van der Waals surface area contributed by atoms with Gasteiger partial charge in [-0.3, -0.25) is 4.68 Å². The standard InChI is InChI=1S/C20H19F4N5O/c21-12-1-2-16-13(3-12)14-4-18(15(20(22,23)24)5-17(14)28-16)26-6-19(8-30-9-19)7-29-11-25-10-27-29/h2-5,10-12,26,28H,1,6-9H2. The van der Waals surface area contributed by atoms with Gasteiger partial charge in [0.05, 0.1) is 30.7 Å². The van der Waals surface area contributed by atoms with E-state index in [1.807, 2.05) is 0 Å². The van der Waals surface area contributed by atoms with Gasteiger partial charge in [-0.25, -0.2) is 9.37 Å². The van der Waals surface area contributed by atoms with Gasteiger partial charge in [-0.15, -0.1) is 0 Å². The Labute approximate surface area is 168 Å². The third-order valence-electron chi connectivity index (χ3n) is 5.64. The molecule has 0 amide bonds. The Morgan fingerprint density at radius 3 is 2.80 bits per heavy atom. The predicted molar refractivity (Wildman–Crippen MR) is 103 cm³/mol. The number of H-pyrrole nitrogens is 1. The Hall–Kier alpha value is -2.88. The number of benzene rings is 1. The molecule has 1 saturated heterocycles. The zero-order valence-corrected chi connectivity index (χ0v) is 15.8. The van der Waals surface area contributed by atoms with Crippen LogP contribution in [0.15, 0.2) is 24.8 Å². The molecule has 1 aromatic carbocycles. The molecule has 2 N–H and O–H groups in total. The summed E-state index contributed by atoms with van der Waals surface area (Å²) in [7, 11) is 0. The minimum Gasteiger partial charge on any atom is -0.384 e. The van der Waals surface area contributed by atoms with Crippen molar-refractivity contribution in [2.75, 3.05) is 25.1 Å². The van der Waals surface area contributed by atoms with Crippen molar-refractivity contribution in [1.82, 2.24) is 19.7 Å².